The number of rotatable bonds is 10. The topological polar surface area (TPSA) is 130 Å². The number of nitrogens with one attached hydrogen (secondary N) is 1. The summed E-state index contributed by atoms with van der Waals surface area (Å²) in [5.41, 5.74) is 0.0262. The van der Waals surface area contributed by atoms with Crippen LogP contribution in [0.5, 0.6) is 11.5 Å². The number of ether oxygens (including phenoxy) is 2. The molecule has 6 heterocycles. The second-order valence-corrected chi connectivity index (χ2v) is 17.2. The van der Waals surface area contributed by atoms with Gasteiger partial charge in [-0.2, -0.15) is 36.5 Å². The van der Waals surface area contributed by atoms with E-state index in [0.29, 0.717) is 52.2 Å². The summed E-state index contributed by atoms with van der Waals surface area (Å²) in [6.45, 7) is 7.02. The van der Waals surface area contributed by atoms with E-state index >= 15 is 0 Å². The molecular formula is C40H44Cl4F6N8O5. The van der Waals surface area contributed by atoms with Crippen LogP contribution >= 0.6 is 46.4 Å². The van der Waals surface area contributed by atoms with Crippen LogP contribution in [0.4, 0.5) is 26.3 Å². The monoisotopic (exact) mass is 970 g/mol. The van der Waals surface area contributed by atoms with Gasteiger partial charge >= 0.3 is 18.3 Å². The van der Waals surface area contributed by atoms with E-state index in [1.165, 1.54) is 25.8 Å². The van der Waals surface area contributed by atoms with Crippen molar-refractivity contribution in [3.05, 3.63) is 90.4 Å². The Labute approximate surface area is 378 Å². The smallest absolute Gasteiger partial charge is 0.436 e. The van der Waals surface area contributed by atoms with E-state index < -0.39 is 46.3 Å². The van der Waals surface area contributed by atoms with Crippen molar-refractivity contribution in [2.45, 2.75) is 89.4 Å². The van der Waals surface area contributed by atoms with Crippen LogP contribution in [-0.4, -0.2) is 116 Å². The average molecular weight is 973 g/mol. The van der Waals surface area contributed by atoms with E-state index in [1.807, 2.05) is 24.3 Å². The van der Waals surface area contributed by atoms with Crippen LogP contribution in [-0.2, 0) is 48.1 Å². The molecule has 2 aromatic carbocycles. The van der Waals surface area contributed by atoms with E-state index in [9.17, 15) is 35.9 Å². The maximum absolute atomic E-state index is 13.0. The van der Waals surface area contributed by atoms with Gasteiger partial charge in [0.2, 0.25) is 5.91 Å². The van der Waals surface area contributed by atoms with E-state index in [-0.39, 0.29) is 35.9 Å². The van der Waals surface area contributed by atoms with E-state index in [4.69, 9.17) is 61.0 Å². The molecule has 4 fully saturated rings. The van der Waals surface area contributed by atoms with Gasteiger partial charge in [0, 0.05) is 63.4 Å². The Morgan fingerprint density at radius 3 is 1.60 bits per heavy atom. The lowest BCUT2D eigenvalue weighted by Crippen LogP contribution is -2.49. The van der Waals surface area contributed by atoms with Gasteiger partial charge in [0.05, 0.1) is 45.7 Å². The van der Waals surface area contributed by atoms with Gasteiger partial charge in [-0.25, -0.2) is 0 Å². The first-order valence-corrected chi connectivity index (χ1v) is 21.1. The lowest BCUT2D eigenvalue weighted by molar-refractivity contribution is -0.143. The fourth-order valence-corrected chi connectivity index (χ4v) is 9.10. The molecule has 4 aromatic rings. The molecule has 0 saturated carbocycles. The summed E-state index contributed by atoms with van der Waals surface area (Å²) in [6, 6.07) is 13.3. The molecule has 0 aliphatic carbocycles. The standard InChI is InChI=1S/C20H21Cl2F3N4O2.C13H17ClN2O.C7H6ClF3N2O2/c1-11-18(22)19(20(23,24)25)26-29(11)10-17(30)28-9-13-6-14(28)8-27(13)7-12-3-4-15(21)16(5-12)31-2;1-17-13-4-9(2-3-12(13)14)7-16-8-10-5-11(16)6-15-10;1-3-5(8)6(7(9,10)11)12-13(3)2-4(14)15/h3-5,13-14H,6-10H2,1-2H3;2-4,10-11,15H,5-8H2,1H3;2H2,1H3,(H,14,15). The number of amides is 1. The van der Waals surface area contributed by atoms with Gasteiger partial charge in [-0.1, -0.05) is 58.5 Å². The van der Waals surface area contributed by atoms with Crippen molar-refractivity contribution < 1.29 is 50.5 Å². The van der Waals surface area contributed by atoms with Crippen molar-refractivity contribution in [2.24, 2.45) is 0 Å². The first-order valence-electron chi connectivity index (χ1n) is 19.6. The molecule has 4 aliphatic rings. The number of hydrogen-bond acceptors (Lipinski definition) is 9. The molecule has 1 amide bonds. The Morgan fingerprint density at radius 2 is 1.22 bits per heavy atom. The molecular weight excluding hydrogens is 928 g/mol. The number of fused-ring (bicyclic) bond motifs is 4. The zero-order chi connectivity index (χ0) is 46.1. The van der Waals surface area contributed by atoms with Crippen LogP contribution in [0.25, 0.3) is 0 Å². The number of aliphatic carboxylic acids is 1. The first-order chi connectivity index (χ1) is 29.6. The first kappa shape index (κ1) is 48.5. The highest BCUT2D eigenvalue weighted by atomic mass is 35.5. The molecule has 4 unspecified atom stereocenters. The molecule has 344 valence electrons. The maximum atomic E-state index is 13.0. The minimum atomic E-state index is -4.68. The molecule has 2 aromatic heterocycles. The number of alkyl halides is 6. The lowest BCUT2D eigenvalue weighted by Gasteiger charge is -2.34. The van der Waals surface area contributed by atoms with Crippen molar-refractivity contribution in [1.29, 1.82) is 0 Å². The van der Waals surface area contributed by atoms with Gasteiger partial charge in [0.25, 0.3) is 0 Å². The second kappa shape index (κ2) is 19.6. The third-order valence-corrected chi connectivity index (χ3v) is 13.0. The summed E-state index contributed by atoms with van der Waals surface area (Å²) in [4.78, 5) is 29.7. The predicted octanol–water partition coefficient (Wildman–Crippen LogP) is 7.85. The van der Waals surface area contributed by atoms with E-state index in [2.05, 4.69) is 31.4 Å². The number of hydrogen-bond donors (Lipinski definition) is 2. The van der Waals surface area contributed by atoms with Crippen LogP contribution in [0, 0.1) is 13.8 Å². The molecule has 4 aliphatic heterocycles. The Bertz CT molecular complexity index is 2310. The number of piperazine rings is 2. The largest absolute Gasteiger partial charge is 0.495 e. The number of nitrogens with zero attached hydrogens (tertiary/aromatic N) is 7. The van der Waals surface area contributed by atoms with E-state index in [0.717, 1.165) is 42.0 Å². The highest BCUT2D eigenvalue weighted by molar-refractivity contribution is 6.33. The SMILES string of the molecule is COc1cc(CN2CC3CC2CN3)ccc1Cl.COc1cc(CN2CC3CC2CN3C(=O)Cn2nc(C(F)(F)F)c(Cl)c2C)ccc1Cl.Cc1c(Cl)c(C(F)(F)F)nn1CC(=O)O. The number of aromatic nitrogens is 4. The van der Waals surface area contributed by atoms with Crippen LogP contribution in [0.15, 0.2) is 36.4 Å². The van der Waals surface area contributed by atoms with Gasteiger partial charge < -0.3 is 24.8 Å². The zero-order valence-electron chi connectivity index (χ0n) is 34.3. The summed E-state index contributed by atoms with van der Waals surface area (Å²) < 4.78 is 88.1. The predicted molar refractivity (Wildman–Crippen MR) is 223 cm³/mol. The number of carbonyl (C=O) groups is 2. The van der Waals surface area contributed by atoms with Gasteiger partial charge in [-0.15, -0.1) is 0 Å². The van der Waals surface area contributed by atoms with Gasteiger partial charge in [0.15, 0.2) is 11.4 Å². The Balaban J connectivity index is 0.000000174. The fourth-order valence-electron chi connectivity index (χ4n) is 8.23. The quantitative estimate of drug-likeness (QED) is 0.152. The number of carboxylic acids is 1. The Morgan fingerprint density at radius 1 is 0.730 bits per heavy atom. The van der Waals surface area contributed by atoms with Crippen LogP contribution < -0.4 is 14.8 Å². The third kappa shape index (κ3) is 11.3. The van der Waals surface area contributed by atoms with Crippen molar-refractivity contribution in [1.82, 2.24) is 39.6 Å². The number of likely N-dealkylation sites (tertiary alicyclic amines) is 3. The molecule has 0 spiro atoms. The number of halogens is 10. The second-order valence-electron chi connectivity index (χ2n) is 15.6. The summed E-state index contributed by atoms with van der Waals surface area (Å²) in [5.74, 6) is -0.152. The minimum absolute atomic E-state index is 0.0219. The zero-order valence-corrected chi connectivity index (χ0v) is 37.4. The molecule has 2 N–H and O–H groups in total. The Hall–Kier alpha value is -3.98. The highest BCUT2D eigenvalue weighted by Crippen LogP contribution is 2.38. The van der Waals surface area contributed by atoms with Crippen molar-refractivity contribution in [3.8, 4) is 11.5 Å². The van der Waals surface area contributed by atoms with Crippen molar-refractivity contribution in [2.75, 3.05) is 40.4 Å². The van der Waals surface area contributed by atoms with Crippen LogP contribution in [0.3, 0.4) is 0 Å². The summed E-state index contributed by atoms with van der Waals surface area (Å²) >= 11 is 23.3. The van der Waals surface area contributed by atoms with Crippen LogP contribution in [0.1, 0.15) is 46.7 Å². The van der Waals surface area contributed by atoms with Gasteiger partial charge in [0.1, 0.15) is 24.6 Å². The lowest BCUT2D eigenvalue weighted by atomic mass is 10.2. The third-order valence-electron chi connectivity index (χ3n) is 11.4. The van der Waals surface area contributed by atoms with Crippen molar-refractivity contribution >= 4 is 58.3 Å². The van der Waals surface area contributed by atoms with E-state index in [1.54, 1.807) is 25.2 Å². The Kier molecular flexibility index (Phi) is 15.1. The molecule has 4 saturated heterocycles. The number of methoxy groups -OCH3 is 2. The molecule has 63 heavy (non-hydrogen) atoms. The number of carboxylic acid groups (broad SMARTS) is 1. The maximum Gasteiger partial charge on any atom is 0.436 e. The number of carbonyl (C=O) groups excluding carboxylic acids is 1. The van der Waals surface area contributed by atoms with Gasteiger partial charge in [-0.3, -0.25) is 28.8 Å². The molecule has 13 nitrogen and oxygen atoms in total. The minimum Gasteiger partial charge on any atom is -0.495 e. The normalized spacial score (nSPS) is 20.7. The molecule has 0 radical (unpaired) electrons. The van der Waals surface area contributed by atoms with Crippen molar-refractivity contribution in [3.63, 3.8) is 0 Å². The molecule has 23 heteroatoms. The molecule has 4 bridgehead atoms. The molecule has 4 atom stereocenters. The fraction of sp³-hybridized carbons (Fsp3) is 0.500. The van der Waals surface area contributed by atoms with Crippen LogP contribution in [0.2, 0.25) is 20.1 Å². The average Bonchev–Trinajstić information content (AvgIpc) is 4.09. The summed E-state index contributed by atoms with van der Waals surface area (Å²) in [6.07, 6.45) is -7.20. The summed E-state index contributed by atoms with van der Waals surface area (Å²) in [5, 5.41) is 18.8. The van der Waals surface area contributed by atoms with Gasteiger partial charge in [-0.05, 0) is 62.1 Å². The molecule has 8 rings (SSSR count). The summed E-state index contributed by atoms with van der Waals surface area (Å²) in [7, 11) is 3.23. The highest BCUT2D eigenvalue weighted by Gasteiger charge is 2.46. The number of benzene rings is 2.